The number of pyridine rings is 1. The van der Waals surface area contributed by atoms with E-state index in [1.165, 1.54) is 0 Å². The Kier molecular flexibility index (Phi) is 4.18. The molecule has 5 heteroatoms. The van der Waals surface area contributed by atoms with Crippen LogP contribution in [-0.4, -0.2) is 20.9 Å². The zero-order chi connectivity index (χ0) is 14.0. The first-order valence-corrected chi connectivity index (χ1v) is 7.50. The van der Waals surface area contributed by atoms with E-state index in [1.54, 1.807) is 12.3 Å². The molecule has 1 aliphatic rings. The Morgan fingerprint density at radius 1 is 1.58 bits per heavy atom. The molecule has 0 saturated carbocycles. The van der Waals surface area contributed by atoms with Crippen LogP contribution in [0.1, 0.15) is 44.4 Å². The average Bonchev–Trinajstić information content (AvgIpc) is 2.37. The molecule has 2 heterocycles. The average molecular weight is 280 g/mol. The summed E-state index contributed by atoms with van der Waals surface area (Å²) in [6.07, 6.45) is 4.27. The van der Waals surface area contributed by atoms with Gasteiger partial charge in [0.05, 0.1) is 12.6 Å². The third-order valence-corrected chi connectivity index (χ3v) is 4.57. The highest BCUT2D eigenvalue weighted by Gasteiger charge is 2.32. The second-order valence-corrected chi connectivity index (χ2v) is 7.55. The van der Waals surface area contributed by atoms with Crippen molar-refractivity contribution in [3.8, 4) is 5.88 Å². The number of nitrogens with one attached hydrogen (secondary N) is 1. The lowest BCUT2D eigenvalue weighted by Gasteiger charge is -2.30. The normalized spacial score (nSPS) is 20.3. The van der Waals surface area contributed by atoms with E-state index in [1.807, 2.05) is 26.8 Å². The van der Waals surface area contributed by atoms with Crippen LogP contribution in [0.25, 0.3) is 6.08 Å². The standard InChI is InChI=1S/C14H20N2O2S/c1-5-10-8-11-12(16-19(17)14(2,3)4)6-7-18-13(11)15-9-10/h5,8-9,12,16H,1,6-7H2,2-4H3/t12-,19?/m0/s1. The van der Waals surface area contributed by atoms with Crippen LogP contribution in [0.2, 0.25) is 0 Å². The van der Waals surface area contributed by atoms with E-state index in [4.69, 9.17) is 4.74 Å². The first-order valence-electron chi connectivity index (χ1n) is 6.35. The summed E-state index contributed by atoms with van der Waals surface area (Å²) in [5.74, 6) is 0.625. The Morgan fingerprint density at radius 3 is 2.95 bits per heavy atom. The molecule has 0 aliphatic carbocycles. The monoisotopic (exact) mass is 280 g/mol. The Hall–Kier alpha value is -1.04. The molecular weight excluding hydrogens is 260 g/mol. The highest BCUT2D eigenvalue weighted by Crippen LogP contribution is 2.32. The highest BCUT2D eigenvalue weighted by atomic mass is 32.2. The van der Waals surface area contributed by atoms with Crippen molar-refractivity contribution in [1.29, 1.82) is 0 Å². The quantitative estimate of drug-likeness (QED) is 0.865. The summed E-state index contributed by atoms with van der Waals surface area (Å²) in [5.41, 5.74) is 1.90. The van der Waals surface area contributed by atoms with E-state index in [9.17, 15) is 4.55 Å². The highest BCUT2D eigenvalue weighted by molar-refractivity contribution is 7.90. The molecule has 1 aromatic rings. The van der Waals surface area contributed by atoms with Gasteiger partial charge in [0.15, 0.2) is 0 Å². The molecule has 2 rings (SSSR count). The number of hydrogen-bond acceptors (Lipinski definition) is 4. The first-order chi connectivity index (χ1) is 8.91. The lowest BCUT2D eigenvalue weighted by atomic mass is 10.0. The number of rotatable bonds is 3. The van der Waals surface area contributed by atoms with Gasteiger partial charge in [-0.25, -0.2) is 4.98 Å². The van der Waals surface area contributed by atoms with Gasteiger partial charge in [-0.05, 0) is 32.4 Å². The van der Waals surface area contributed by atoms with E-state index in [2.05, 4.69) is 16.3 Å². The molecule has 1 aromatic heterocycles. The minimum Gasteiger partial charge on any atom is -0.598 e. The van der Waals surface area contributed by atoms with Crippen molar-refractivity contribution >= 4 is 17.4 Å². The Morgan fingerprint density at radius 2 is 2.32 bits per heavy atom. The summed E-state index contributed by atoms with van der Waals surface area (Å²) in [6.45, 7) is 10.2. The van der Waals surface area contributed by atoms with Gasteiger partial charge >= 0.3 is 0 Å². The zero-order valence-corrected chi connectivity index (χ0v) is 12.4. The van der Waals surface area contributed by atoms with Crippen LogP contribution in [0.15, 0.2) is 18.8 Å². The van der Waals surface area contributed by atoms with Crippen molar-refractivity contribution in [3.63, 3.8) is 0 Å². The van der Waals surface area contributed by atoms with E-state index in [0.29, 0.717) is 12.5 Å². The molecule has 0 aromatic carbocycles. The summed E-state index contributed by atoms with van der Waals surface area (Å²) >= 11 is -1.11. The van der Waals surface area contributed by atoms with Crippen molar-refractivity contribution < 1.29 is 9.29 Å². The summed E-state index contributed by atoms with van der Waals surface area (Å²) in [4.78, 5) is 4.28. The summed E-state index contributed by atoms with van der Waals surface area (Å²) in [7, 11) is 0. The van der Waals surface area contributed by atoms with Crippen LogP contribution in [0.3, 0.4) is 0 Å². The van der Waals surface area contributed by atoms with Crippen molar-refractivity contribution in [3.05, 3.63) is 30.0 Å². The molecule has 0 bridgehead atoms. The van der Waals surface area contributed by atoms with Crippen molar-refractivity contribution in [2.24, 2.45) is 0 Å². The molecule has 1 unspecified atom stereocenters. The molecule has 1 aliphatic heterocycles. The van der Waals surface area contributed by atoms with E-state index < -0.39 is 11.4 Å². The molecule has 2 atom stereocenters. The summed E-state index contributed by atoms with van der Waals surface area (Å²) in [5, 5.41) is 0. The van der Waals surface area contributed by atoms with Gasteiger partial charge < -0.3 is 9.29 Å². The molecule has 1 N–H and O–H groups in total. The van der Waals surface area contributed by atoms with Crippen LogP contribution < -0.4 is 9.46 Å². The minimum atomic E-state index is -1.11. The smallest absolute Gasteiger partial charge is 0.218 e. The van der Waals surface area contributed by atoms with Gasteiger partial charge in [0.1, 0.15) is 4.75 Å². The maximum absolute atomic E-state index is 12.2. The van der Waals surface area contributed by atoms with Gasteiger partial charge in [-0.15, -0.1) is 4.72 Å². The molecule has 4 nitrogen and oxygen atoms in total. The predicted octanol–water partition coefficient (Wildman–Crippen LogP) is 2.60. The molecule has 0 radical (unpaired) electrons. The summed E-state index contributed by atoms with van der Waals surface area (Å²) < 4.78 is 20.6. The maximum Gasteiger partial charge on any atom is 0.218 e. The van der Waals surface area contributed by atoms with Crippen LogP contribution in [0.5, 0.6) is 5.88 Å². The van der Waals surface area contributed by atoms with Gasteiger partial charge in [-0.2, -0.15) is 0 Å². The lowest BCUT2D eigenvalue weighted by Crippen LogP contribution is -2.42. The molecule has 0 spiro atoms. The molecular formula is C14H20N2O2S. The lowest BCUT2D eigenvalue weighted by molar-refractivity contribution is 0.251. The van der Waals surface area contributed by atoms with Gasteiger partial charge in [-0.1, -0.05) is 12.7 Å². The maximum atomic E-state index is 12.2. The largest absolute Gasteiger partial charge is 0.598 e. The third-order valence-electron chi connectivity index (χ3n) is 2.96. The Labute approximate surface area is 117 Å². The van der Waals surface area contributed by atoms with E-state index in [0.717, 1.165) is 17.5 Å². The van der Waals surface area contributed by atoms with Crippen molar-refractivity contribution in [2.75, 3.05) is 6.61 Å². The Balaban J connectivity index is 2.23. The molecule has 104 valence electrons. The Bertz CT molecular complexity index is 471. The zero-order valence-electron chi connectivity index (χ0n) is 11.6. The number of aromatic nitrogens is 1. The van der Waals surface area contributed by atoms with Crippen LogP contribution in [-0.2, 0) is 11.4 Å². The minimum absolute atomic E-state index is 0.0104. The van der Waals surface area contributed by atoms with Gasteiger partial charge in [0.2, 0.25) is 5.88 Å². The molecule has 19 heavy (non-hydrogen) atoms. The third kappa shape index (κ3) is 3.29. The second-order valence-electron chi connectivity index (χ2n) is 5.56. The number of ether oxygens (including phenoxy) is 1. The van der Waals surface area contributed by atoms with Gasteiger partial charge in [0, 0.05) is 29.5 Å². The fourth-order valence-electron chi connectivity index (χ4n) is 1.83. The molecule has 0 fully saturated rings. The van der Waals surface area contributed by atoms with Crippen LogP contribution in [0, 0.1) is 0 Å². The SMILES string of the molecule is C=Cc1cnc2c(c1)[C@@H](N[S+]([O-])C(C)(C)C)CCO2. The fourth-order valence-corrected chi connectivity index (χ4v) is 2.68. The van der Waals surface area contributed by atoms with E-state index >= 15 is 0 Å². The van der Waals surface area contributed by atoms with Crippen molar-refractivity contribution in [2.45, 2.75) is 38.0 Å². The van der Waals surface area contributed by atoms with Gasteiger partial charge in [-0.3, -0.25) is 0 Å². The topological polar surface area (TPSA) is 57.2 Å². The van der Waals surface area contributed by atoms with Crippen LogP contribution >= 0.6 is 0 Å². The summed E-state index contributed by atoms with van der Waals surface area (Å²) in [6, 6.07) is 2.00. The first kappa shape index (κ1) is 14.4. The number of hydrogen-bond donors (Lipinski definition) is 1. The van der Waals surface area contributed by atoms with E-state index in [-0.39, 0.29) is 10.8 Å². The predicted molar refractivity (Wildman–Crippen MR) is 78.2 cm³/mol. The molecule has 0 amide bonds. The number of nitrogens with zero attached hydrogens (tertiary/aromatic N) is 1. The second kappa shape index (κ2) is 5.53. The van der Waals surface area contributed by atoms with Crippen LogP contribution in [0.4, 0.5) is 0 Å². The van der Waals surface area contributed by atoms with Gasteiger partial charge in [0.25, 0.3) is 0 Å². The number of fused-ring (bicyclic) bond motifs is 1. The fraction of sp³-hybridized carbons (Fsp3) is 0.500. The van der Waals surface area contributed by atoms with Crippen molar-refractivity contribution in [1.82, 2.24) is 9.71 Å². The molecule has 0 saturated heterocycles.